The highest BCUT2D eigenvalue weighted by atomic mass is 16.4. The zero-order chi connectivity index (χ0) is 10.1. The van der Waals surface area contributed by atoms with E-state index in [1.54, 1.807) is 0 Å². The highest BCUT2D eigenvalue weighted by Crippen LogP contribution is 2.11. The summed E-state index contributed by atoms with van der Waals surface area (Å²) in [6.45, 7) is 0. The Labute approximate surface area is 80.2 Å². The minimum atomic E-state index is -1.02. The monoisotopic (exact) mass is 191 g/mol. The van der Waals surface area contributed by atoms with Crippen molar-refractivity contribution in [2.45, 2.75) is 0 Å². The molecule has 72 valence electrons. The van der Waals surface area contributed by atoms with Crippen molar-refractivity contribution in [3.05, 3.63) is 30.6 Å². The van der Waals surface area contributed by atoms with Crippen molar-refractivity contribution in [3.63, 3.8) is 0 Å². The van der Waals surface area contributed by atoms with E-state index in [2.05, 4.69) is 4.98 Å². The molecule has 0 saturated carbocycles. The standard InChI is InChI=1S/C9H9N3O2/c1-11(9(13)14)12-6-10-7-4-2-3-5-8(7)12/h2-6H,1H3,(H,13,14). The largest absolute Gasteiger partial charge is 0.464 e. The second kappa shape index (κ2) is 3.02. The Bertz CT molecular complexity index is 478. The van der Waals surface area contributed by atoms with Crippen LogP contribution in [0, 0.1) is 0 Å². The fourth-order valence-electron chi connectivity index (χ4n) is 1.28. The molecule has 5 nitrogen and oxygen atoms in total. The summed E-state index contributed by atoms with van der Waals surface area (Å²) in [7, 11) is 1.47. The van der Waals surface area contributed by atoms with Gasteiger partial charge in [-0.3, -0.25) is 0 Å². The zero-order valence-electron chi connectivity index (χ0n) is 7.58. The number of nitrogens with zero attached hydrogens (tertiary/aromatic N) is 3. The van der Waals surface area contributed by atoms with Crippen LogP contribution < -0.4 is 5.01 Å². The molecular weight excluding hydrogens is 182 g/mol. The average molecular weight is 191 g/mol. The van der Waals surface area contributed by atoms with Crippen molar-refractivity contribution in [3.8, 4) is 0 Å². The molecule has 14 heavy (non-hydrogen) atoms. The van der Waals surface area contributed by atoms with Crippen LogP contribution in [0.4, 0.5) is 4.79 Å². The zero-order valence-corrected chi connectivity index (χ0v) is 7.58. The van der Waals surface area contributed by atoms with Crippen molar-refractivity contribution >= 4 is 17.1 Å². The summed E-state index contributed by atoms with van der Waals surface area (Å²) in [5.41, 5.74) is 1.55. The number of para-hydroxylation sites is 2. The van der Waals surface area contributed by atoms with Crippen molar-refractivity contribution in [2.24, 2.45) is 0 Å². The molecule has 0 spiro atoms. The second-order valence-corrected chi connectivity index (χ2v) is 2.88. The van der Waals surface area contributed by atoms with Crippen LogP contribution in [0.1, 0.15) is 0 Å². The normalized spacial score (nSPS) is 10.4. The molecule has 1 aromatic carbocycles. The first-order valence-corrected chi connectivity index (χ1v) is 4.09. The van der Waals surface area contributed by atoms with E-state index in [4.69, 9.17) is 5.11 Å². The number of benzene rings is 1. The molecule has 1 heterocycles. The third-order valence-corrected chi connectivity index (χ3v) is 2.03. The molecule has 5 heteroatoms. The smallest absolute Gasteiger partial charge is 0.426 e. The molecule has 0 aliphatic carbocycles. The minimum absolute atomic E-state index is 0.775. The number of aromatic nitrogens is 2. The van der Waals surface area contributed by atoms with Gasteiger partial charge in [0.05, 0.1) is 11.0 Å². The van der Waals surface area contributed by atoms with Gasteiger partial charge in [0.2, 0.25) is 0 Å². The van der Waals surface area contributed by atoms with E-state index < -0.39 is 6.09 Å². The van der Waals surface area contributed by atoms with Gasteiger partial charge >= 0.3 is 6.09 Å². The Balaban J connectivity index is 2.58. The number of hydrogen-bond donors (Lipinski definition) is 1. The van der Waals surface area contributed by atoms with E-state index in [1.807, 2.05) is 24.3 Å². The van der Waals surface area contributed by atoms with Crippen LogP contribution in [-0.4, -0.2) is 27.9 Å². The third-order valence-electron chi connectivity index (χ3n) is 2.03. The minimum Gasteiger partial charge on any atom is -0.464 e. The number of amides is 1. The van der Waals surface area contributed by atoms with Gasteiger partial charge in [-0.25, -0.2) is 19.5 Å². The van der Waals surface area contributed by atoms with Gasteiger partial charge in [-0.05, 0) is 12.1 Å². The van der Waals surface area contributed by atoms with Crippen LogP contribution in [-0.2, 0) is 0 Å². The highest BCUT2D eigenvalue weighted by molar-refractivity contribution is 5.81. The fraction of sp³-hybridized carbons (Fsp3) is 0.111. The fourth-order valence-corrected chi connectivity index (χ4v) is 1.28. The number of hydrogen-bond acceptors (Lipinski definition) is 2. The Morgan fingerprint density at radius 3 is 2.93 bits per heavy atom. The SMILES string of the molecule is CN(C(=O)O)n1cnc2ccccc21. The molecule has 1 amide bonds. The van der Waals surface area contributed by atoms with Gasteiger partial charge in [-0.1, -0.05) is 12.1 Å². The summed E-state index contributed by atoms with van der Waals surface area (Å²) < 4.78 is 1.48. The number of fused-ring (bicyclic) bond motifs is 1. The summed E-state index contributed by atoms with van der Waals surface area (Å²) in [4.78, 5) is 14.8. The summed E-state index contributed by atoms with van der Waals surface area (Å²) >= 11 is 0. The van der Waals surface area contributed by atoms with E-state index in [1.165, 1.54) is 18.1 Å². The molecule has 0 bridgehead atoms. The number of imidazole rings is 1. The molecular formula is C9H9N3O2. The molecule has 0 aliphatic rings. The van der Waals surface area contributed by atoms with Gasteiger partial charge in [-0.2, -0.15) is 0 Å². The lowest BCUT2D eigenvalue weighted by Gasteiger charge is -2.14. The maximum atomic E-state index is 10.7. The summed E-state index contributed by atoms with van der Waals surface area (Å²) in [5.74, 6) is 0. The molecule has 0 unspecified atom stereocenters. The quantitative estimate of drug-likeness (QED) is 0.738. The van der Waals surface area contributed by atoms with E-state index in [0.717, 1.165) is 16.0 Å². The molecule has 0 radical (unpaired) electrons. The van der Waals surface area contributed by atoms with Crippen molar-refractivity contribution in [1.29, 1.82) is 0 Å². The molecule has 0 atom stereocenters. The molecule has 2 aromatic rings. The van der Waals surface area contributed by atoms with Crippen LogP contribution in [0.15, 0.2) is 30.6 Å². The summed E-state index contributed by atoms with van der Waals surface area (Å²) in [6.07, 6.45) is 0.465. The third kappa shape index (κ3) is 1.19. The highest BCUT2D eigenvalue weighted by Gasteiger charge is 2.10. The van der Waals surface area contributed by atoms with Crippen molar-refractivity contribution < 1.29 is 9.90 Å². The predicted octanol–water partition coefficient (Wildman–Crippen LogP) is 1.28. The molecule has 1 aromatic heterocycles. The van der Waals surface area contributed by atoms with Crippen LogP contribution in [0.3, 0.4) is 0 Å². The first kappa shape index (κ1) is 8.55. The lowest BCUT2D eigenvalue weighted by atomic mass is 10.3. The van der Waals surface area contributed by atoms with Crippen molar-refractivity contribution in [2.75, 3.05) is 12.1 Å². The average Bonchev–Trinajstić information content (AvgIpc) is 2.60. The summed E-state index contributed by atoms with van der Waals surface area (Å²) in [5, 5.41) is 9.87. The Kier molecular flexibility index (Phi) is 1.85. The maximum absolute atomic E-state index is 10.7. The van der Waals surface area contributed by atoms with Gasteiger partial charge in [0.25, 0.3) is 0 Å². The number of carbonyl (C=O) groups is 1. The predicted molar refractivity (Wildman–Crippen MR) is 51.9 cm³/mol. The van der Waals surface area contributed by atoms with Gasteiger partial charge in [-0.15, -0.1) is 0 Å². The van der Waals surface area contributed by atoms with Crippen LogP contribution in [0.25, 0.3) is 11.0 Å². The van der Waals surface area contributed by atoms with Crippen molar-refractivity contribution in [1.82, 2.24) is 9.66 Å². The van der Waals surface area contributed by atoms with E-state index in [-0.39, 0.29) is 0 Å². The van der Waals surface area contributed by atoms with Gasteiger partial charge in [0, 0.05) is 7.05 Å². The Hall–Kier alpha value is -2.04. The number of carboxylic acid groups (broad SMARTS) is 1. The van der Waals surface area contributed by atoms with Gasteiger partial charge in [0.15, 0.2) is 0 Å². The maximum Gasteiger partial charge on any atom is 0.426 e. The molecule has 0 fully saturated rings. The van der Waals surface area contributed by atoms with E-state index >= 15 is 0 Å². The molecule has 0 saturated heterocycles. The first-order chi connectivity index (χ1) is 6.70. The van der Waals surface area contributed by atoms with Crippen LogP contribution in [0.2, 0.25) is 0 Å². The van der Waals surface area contributed by atoms with Gasteiger partial charge in [0.1, 0.15) is 6.33 Å². The van der Waals surface area contributed by atoms with Crippen LogP contribution in [0.5, 0.6) is 0 Å². The lowest BCUT2D eigenvalue weighted by Crippen LogP contribution is -2.34. The number of rotatable bonds is 1. The molecule has 2 rings (SSSR count). The molecule has 0 aliphatic heterocycles. The van der Waals surface area contributed by atoms with E-state index in [0.29, 0.717) is 0 Å². The molecule has 1 N–H and O–H groups in total. The van der Waals surface area contributed by atoms with E-state index in [9.17, 15) is 4.79 Å². The topological polar surface area (TPSA) is 58.4 Å². The van der Waals surface area contributed by atoms with Gasteiger partial charge < -0.3 is 5.11 Å². The Morgan fingerprint density at radius 1 is 1.50 bits per heavy atom. The second-order valence-electron chi connectivity index (χ2n) is 2.88. The lowest BCUT2D eigenvalue weighted by molar-refractivity contribution is 0.197. The van der Waals surface area contributed by atoms with Crippen LogP contribution >= 0.6 is 0 Å². The first-order valence-electron chi connectivity index (χ1n) is 4.09. The summed E-state index contributed by atoms with van der Waals surface area (Å²) in [6, 6.07) is 7.36. The Morgan fingerprint density at radius 2 is 2.21 bits per heavy atom.